The molecular formula is C54H32N4S2. The summed E-state index contributed by atoms with van der Waals surface area (Å²) in [5.74, 6) is 1.87. The maximum Gasteiger partial charge on any atom is 0.164 e. The molecule has 280 valence electrons. The third-order valence-corrected chi connectivity index (χ3v) is 13.7. The van der Waals surface area contributed by atoms with Gasteiger partial charge < -0.3 is 0 Å². The van der Waals surface area contributed by atoms with Crippen molar-refractivity contribution in [2.75, 3.05) is 0 Å². The Morgan fingerprint density at radius 3 is 1.35 bits per heavy atom. The first kappa shape index (κ1) is 34.6. The number of nitrogens with zero attached hydrogens (tertiary/aromatic N) is 4. The molecule has 4 heterocycles. The summed E-state index contributed by atoms with van der Waals surface area (Å²) in [6, 6.07) is 66.9. The topological polar surface area (TPSA) is 51.6 Å². The molecule has 0 unspecified atom stereocenters. The lowest BCUT2D eigenvalue weighted by Gasteiger charge is -2.13. The molecule has 0 amide bonds. The molecule has 0 radical (unpaired) electrons. The highest BCUT2D eigenvalue weighted by atomic mass is 32.1. The second-order valence-corrected chi connectivity index (χ2v) is 17.2. The SMILES string of the molecule is c1ccc(-c2nc(-c3ccc(-c4ccnc5ccccc45)cc3)nc(-c3cc(-c4ccc5sc6ccccc6c5c4)cc(-c4ccc5sc6ccccc6c5c4)c3)n2)cc1. The predicted molar refractivity (Wildman–Crippen MR) is 254 cm³/mol. The highest BCUT2D eigenvalue weighted by Crippen LogP contribution is 2.41. The molecule has 0 aliphatic rings. The van der Waals surface area contributed by atoms with Crippen molar-refractivity contribution in [2.24, 2.45) is 0 Å². The van der Waals surface area contributed by atoms with E-state index in [9.17, 15) is 0 Å². The fourth-order valence-corrected chi connectivity index (χ4v) is 10.6. The Morgan fingerprint density at radius 1 is 0.283 bits per heavy atom. The Hall–Kier alpha value is -7.38. The van der Waals surface area contributed by atoms with E-state index in [1.54, 1.807) is 0 Å². The lowest BCUT2D eigenvalue weighted by molar-refractivity contribution is 1.07. The zero-order chi connectivity index (χ0) is 39.6. The molecule has 0 bridgehead atoms. The Balaban J connectivity index is 1.04. The van der Waals surface area contributed by atoms with Gasteiger partial charge in [0, 0.05) is 68.6 Å². The summed E-state index contributed by atoms with van der Waals surface area (Å²) in [6.45, 7) is 0. The maximum atomic E-state index is 5.26. The number of pyridine rings is 1. The summed E-state index contributed by atoms with van der Waals surface area (Å²) in [5, 5.41) is 6.22. The van der Waals surface area contributed by atoms with E-state index in [4.69, 9.17) is 15.0 Å². The smallest absolute Gasteiger partial charge is 0.164 e. The van der Waals surface area contributed by atoms with Gasteiger partial charge in [0.05, 0.1) is 5.52 Å². The molecule has 12 rings (SSSR count). The predicted octanol–water partition coefficient (Wildman–Crippen LogP) is 15.2. The molecule has 6 heteroatoms. The summed E-state index contributed by atoms with van der Waals surface area (Å²) in [5.41, 5.74) is 10.5. The quantitative estimate of drug-likeness (QED) is 0.168. The standard InChI is InChI=1S/C54H32N4S2/c1-2-10-34(11-3-1)52-56-53(35-20-18-33(19-21-35)41-26-27-55-47-15-7-4-12-42(41)47)58-54(57-52)40-29-38(36-22-24-50-45(31-36)43-13-5-8-16-48(43)59-50)28-39(30-40)37-23-25-51-46(32-37)44-14-6-9-17-49(44)60-51/h1-32H. The Morgan fingerprint density at radius 2 is 0.733 bits per heavy atom. The zero-order valence-corrected chi connectivity index (χ0v) is 33.7. The largest absolute Gasteiger partial charge is 0.256 e. The number of aromatic nitrogens is 4. The van der Waals surface area contributed by atoms with Crippen LogP contribution >= 0.6 is 22.7 Å². The number of hydrogen-bond acceptors (Lipinski definition) is 6. The van der Waals surface area contributed by atoms with E-state index in [-0.39, 0.29) is 0 Å². The van der Waals surface area contributed by atoms with Gasteiger partial charge in [-0.15, -0.1) is 22.7 Å². The van der Waals surface area contributed by atoms with Crippen molar-refractivity contribution in [3.63, 3.8) is 0 Å². The molecule has 0 fully saturated rings. The summed E-state index contributed by atoms with van der Waals surface area (Å²) in [4.78, 5) is 20.1. The van der Waals surface area contributed by atoms with Gasteiger partial charge in [0.25, 0.3) is 0 Å². The average molecular weight is 801 g/mol. The van der Waals surface area contributed by atoms with Gasteiger partial charge in [-0.3, -0.25) is 4.98 Å². The lowest BCUT2D eigenvalue weighted by Crippen LogP contribution is -2.00. The van der Waals surface area contributed by atoms with Gasteiger partial charge in [0.15, 0.2) is 17.5 Å². The van der Waals surface area contributed by atoms with Crippen LogP contribution in [0.5, 0.6) is 0 Å². The molecule has 12 aromatic rings. The number of rotatable bonds is 6. The van der Waals surface area contributed by atoms with Crippen molar-refractivity contribution in [3.8, 4) is 67.5 Å². The minimum atomic E-state index is 0.620. The summed E-state index contributed by atoms with van der Waals surface area (Å²) in [6.07, 6.45) is 1.87. The summed E-state index contributed by atoms with van der Waals surface area (Å²) >= 11 is 3.68. The van der Waals surface area contributed by atoms with Crippen LogP contribution in [0, 0.1) is 0 Å². The van der Waals surface area contributed by atoms with Crippen LogP contribution in [0.2, 0.25) is 0 Å². The Kier molecular flexibility index (Phi) is 8.18. The van der Waals surface area contributed by atoms with Crippen LogP contribution < -0.4 is 0 Å². The van der Waals surface area contributed by atoms with Crippen molar-refractivity contribution in [1.82, 2.24) is 19.9 Å². The van der Waals surface area contributed by atoms with Crippen LogP contribution in [0.3, 0.4) is 0 Å². The number of fused-ring (bicyclic) bond motifs is 7. The van der Waals surface area contributed by atoms with Gasteiger partial charge in [-0.2, -0.15) is 0 Å². The highest BCUT2D eigenvalue weighted by Gasteiger charge is 2.17. The van der Waals surface area contributed by atoms with E-state index < -0.39 is 0 Å². The Labute approximate surface area is 353 Å². The van der Waals surface area contributed by atoms with Crippen molar-refractivity contribution < 1.29 is 0 Å². The lowest BCUT2D eigenvalue weighted by atomic mass is 9.94. The van der Waals surface area contributed by atoms with E-state index >= 15 is 0 Å². The molecule has 4 nitrogen and oxygen atoms in total. The molecule has 0 atom stereocenters. The monoisotopic (exact) mass is 800 g/mol. The van der Waals surface area contributed by atoms with E-state index in [1.807, 2.05) is 53.1 Å². The van der Waals surface area contributed by atoms with Gasteiger partial charge in [-0.1, -0.05) is 121 Å². The first-order valence-corrected chi connectivity index (χ1v) is 21.6. The van der Waals surface area contributed by atoms with Crippen molar-refractivity contribution in [3.05, 3.63) is 194 Å². The van der Waals surface area contributed by atoms with Crippen LogP contribution in [0.4, 0.5) is 0 Å². The van der Waals surface area contributed by atoms with Crippen LogP contribution in [0.15, 0.2) is 194 Å². The minimum Gasteiger partial charge on any atom is -0.256 e. The molecule has 0 spiro atoms. The molecule has 0 N–H and O–H groups in total. The van der Waals surface area contributed by atoms with E-state index in [0.29, 0.717) is 17.5 Å². The number of para-hydroxylation sites is 1. The maximum absolute atomic E-state index is 5.26. The van der Waals surface area contributed by atoms with Crippen LogP contribution in [0.25, 0.3) is 119 Å². The zero-order valence-electron chi connectivity index (χ0n) is 32.1. The molecule has 0 saturated heterocycles. The molecule has 0 saturated carbocycles. The second-order valence-electron chi connectivity index (χ2n) is 15.0. The van der Waals surface area contributed by atoms with Crippen LogP contribution in [-0.4, -0.2) is 19.9 Å². The number of thiophene rings is 2. The van der Waals surface area contributed by atoms with Crippen LogP contribution in [0.1, 0.15) is 0 Å². The summed E-state index contributed by atoms with van der Waals surface area (Å²) < 4.78 is 5.15. The third kappa shape index (κ3) is 6.04. The molecule has 0 aliphatic carbocycles. The van der Waals surface area contributed by atoms with Crippen molar-refractivity contribution >= 4 is 73.9 Å². The molecule has 0 aliphatic heterocycles. The summed E-state index contributed by atoms with van der Waals surface area (Å²) in [7, 11) is 0. The van der Waals surface area contributed by atoms with Crippen LogP contribution in [-0.2, 0) is 0 Å². The normalized spacial score (nSPS) is 11.7. The average Bonchev–Trinajstić information content (AvgIpc) is 3.89. The fourth-order valence-electron chi connectivity index (χ4n) is 8.40. The van der Waals surface area contributed by atoms with Gasteiger partial charge in [0.2, 0.25) is 0 Å². The number of benzene rings is 8. The van der Waals surface area contributed by atoms with E-state index in [1.165, 1.54) is 40.3 Å². The van der Waals surface area contributed by atoms with Gasteiger partial charge in [0.1, 0.15) is 0 Å². The van der Waals surface area contributed by atoms with Gasteiger partial charge >= 0.3 is 0 Å². The van der Waals surface area contributed by atoms with Crippen molar-refractivity contribution in [1.29, 1.82) is 0 Å². The highest BCUT2D eigenvalue weighted by molar-refractivity contribution is 7.26. The van der Waals surface area contributed by atoms with E-state index in [2.05, 4.69) is 169 Å². The first-order valence-electron chi connectivity index (χ1n) is 19.9. The van der Waals surface area contributed by atoms with Gasteiger partial charge in [-0.05, 0) is 100 Å². The second kappa shape index (κ2) is 14.2. The fraction of sp³-hybridized carbons (Fsp3) is 0. The molecule has 8 aromatic carbocycles. The first-order chi connectivity index (χ1) is 29.7. The van der Waals surface area contributed by atoms with Crippen molar-refractivity contribution in [2.45, 2.75) is 0 Å². The number of hydrogen-bond donors (Lipinski definition) is 0. The molecule has 60 heavy (non-hydrogen) atoms. The third-order valence-electron chi connectivity index (χ3n) is 11.4. The van der Waals surface area contributed by atoms with Gasteiger partial charge in [-0.25, -0.2) is 15.0 Å². The molecule has 4 aromatic heterocycles. The minimum absolute atomic E-state index is 0.620. The molecular weight excluding hydrogens is 769 g/mol. The van der Waals surface area contributed by atoms with E-state index in [0.717, 1.165) is 61.0 Å². The Bertz CT molecular complexity index is 3470.